The number of Topliss-reactive ketones (excluding diaryl/α,β-unsaturated/α-hetero) is 5. The van der Waals surface area contributed by atoms with Gasteiger partial charge in [-0.3, -0.25) is 38.9 Å². The molecule has 0 aliphatic carbocycles. The smallest absolute Gasteiger partial charge is 0.319 e. The molecule has 0 N–H and O–H groups in total. The molecule has 0 unspecified atom stereocenters. The fraction of sp³-hybridized carbons (Fsp3) is 0.469. The predicted octanol–water partition coefficient (Wildman–Crippen LogP) is 12.2. The maximum Gasteiger partial charge on any atom is 0.319 e. The maximum atomic E-state index is 12.6. The number of thiazole rings is 2. The molecule has 746 valence electrons. The number of pyridine rings is 8. The van der Waals surface area contributed by atoms with Gasteiger partial charge in [0, 0.05) is 161 Å². The zero-order valence-electron chi connectivity index (χ0n) is 81.9. The van der Waals surface area contributed by atoms with Gasteiger partial charge in [0.05, 0.1) is 121 Å². The van der Waals surface area contributed by atoms with E-state index in [1.165, 1.54) is 39.9 Å². The third-order valence-corrected chi connectivity index (χ3v) is 32.1. The number of ether oxygens (including phenoxy) is 5. The van der Waals surface area contributed by atoms with Gasteiger partial charge in [-0.25, -0.2) is 73.4 Å². The summed E-state index contributed by atoms with van der Waals surface area (Å²) in [6.07, 6.45) is 6.43. The number of carbonyl (C=O) groups excluding carboxylic acids is 6. The van der Waals surface area contributed by atoms with Gasteiger partial charge >= 0.3 is 6.03 Å². The molecule has 0 atom stereocenters. The summed E-state index contributed by atoms with van der Waals surface area (Å²) in [6.45, 7) is 33.6. The Labute approximate surface area is 823 Å². The van der Waals surface area contributed by atoms with Crippen molar-refractivity contribution in [2.75, 3.05) is 103 Å². The lowest BCUT2D eigenvalue weighted by molar-refractivity contribution is 0.0355. The first-order chi connectivity index (χ1) is 65.6. The lowest BCUT2D eigenvalue weighted by Gasteiger charge is -2.40. The lowest BCUT2D eigenvalue weighted by Crippen LogP contribution is -2.58. The summed E-state index contributed by atoms with van der Waals surface area (Å²) in [5.41, 5.74) is 12.1. The van der Waals surface area contributed by atoms with Crippen molar-refractivity contribution in [1.82, 2.24) is 76.9 Å². The number of ketones is 5. The maximum absolute atomic E-state index is 12.6. The number of urea groups is 1. The van der Waals surface area contributed by atoms with Gasteiger partial charge in [0.1, 0.15) is 97.8 Å². The first-order valence-electron chi connectivity index (χ1n) is 46.0. The van der Waals surface area contributed by atoms with Crippen molar-refractivity contribution < 1.29 is 86.1 Å². The number of amides is 2. The fourth-order valence-corrected chi connectivity index (χ4v) is 23.1. The molecule has 0 bridgehead atoms. The van der Waals surface area contributed by atoms with E-state index in [9.17, 15) is 62.4 Å². The minimum atomic E-state index is -3.24. The number of sulfonamides is 4. The molecule has 5 aliphatic rings. The molecule has 15 heterocycles. The molecule has 15 rings (SSSR count). The summed E-state index contributed by atoms with van der Waals surface area (Å²) >= 11 is 2.91. The summed E-state index contributed by atoms with van der Waals surface area (Å²) in [7, 11) is -9.38. The van der Waals surface area contributed by atoms with Crippen molar-refractivity contribution in [1.29, 1.82) is 0 Å². The summed E-state index contributed by atoms with van der Waals surface area (Å²) in [6, 6.07) is 28.3. The molecule has 41 heteroatoms. The van der Waals surface area contributed by atoms with Crippen LogP contribution in [0.25, 0.3) is 0 Å². The second kappa shape index (κ2) is 48.3. The van der Waals surface area contributed by atoms with Crippen molar-refractivity contribution in [3.05, 3.63) is 239 Å². The van der Waals surface area contributed by atoms with Crippen molar-refractivity contribution in [2.24, 2.45) is 11.8 Å². The minimum Gasteiger partial charge on any atom is -0.488 e. The average Bonchev–Trinajstić information content (AvgIpc) is 1.11. The van der Waals surface area contributed by atoms with E-state index in [1.54, 1.807) is 131 Å². The minimum absolute atomic E-state index is 0.0257. The normalized spacial score (nSPS) is 15.1. The van der Waals surface area contributed by atoms with Gasteiger partial charge in [-0.1, -0.05) is 59.7 Å². The standard InChI is InChI=1S/C21H27N3O4S.C20H24N4O3.C20H25N3O4S.C19H25N3O4S2.C18H23N3O4S2/c1-14(2)13-29(26,27)24-11-19(12-24)28-18-7-16(4)23-20(9-18)21(25)8-17-6-5-15(3)10-22-17;1-13-5-6-15(21-10-13)8-19(25)18-9-16(7-14(2)22-18)27-17-11-24(12-17)20(26)23(3)4;1-4-7-28(25,26)23-12-18(13-23)27-17-8-15(3)22-19(10-17)20(24)9-16-6-5-14(2)11-21-16;1-12(2)11-28(24,25)22-8-16(9-22)26-15-5-13(3)20-17(6-15)18(23)7-19-21-14(4)10-27-19;1-4-5-27(23,24)21-9-15(10-21)25-14-6-12(2)19-16(7-14)17(22)8-18-20-13(3)11-26-18/h5-7,9-10,14,19H,8,11-13H2,1-4H3;5-7,9-10,17H,8,11-12H2,1-4H3;5-6,8,10-11,18H,4,7,9,12-13H2,1-3H3;5-6,10,12,16H,7-9,11H2,1-4H3;6-7,11,15H,4-5,8-10H2,1-3H3. The quantitative estimate of drug-likeness (QED) is 0.0326. The second-order valence-corrected chi connectivity index (χ2v) is 46.5. The molecule has 5 fully saturated rings. The molecule has 10 aromatic rings. The van der Waals surface area contributed by atoms with Crippen molar-refractivity contribution >= 4 is 97.7 Å². The van der Waals surface area contributed by atoms with Crippen LogP contribution >= 0.6 is 22.7 Å². The fourth-order valence-electron chi connectivity index (χ4n) is 14.8. The van der Waals surface area contributed by atoms with E-state index in [0.717, 1.165) is 38.1 Å². The molecule has 0 spiro atoms. The van der Waals surface area contributed by atoms with E-state index in [0.29, 0.717) is 181 Å². The molecule has 5 saturated heterocycles. The van der Waals surface area contributed by atoms with Crippen LogP contribution in [0.5, 0.6) is 28.7 Å². The number of carbonyl (C=O) groups is 6. The number of aryl methyl sites for hydroxylation is 10. The van der Waals surface area contributed by atoms with Crippen LogP contribution in [-0.2, 0) is 72.2 Å². The van der Waals surface area contributed by atoms with Crippen LogP contribution < -0.4 is 23.7 Å². The third-order valence-electron chi connectivity index (χ3n) is 21.8. The number of aromatic nitrogens is 10. The topological polar surface area (TPSA) is 433 Å². The van der Waals surface area contributed by atoms with Gasteiger partial charge in [0.25, 0.3) is 0 Å². The molecule has 0 aromatic carbocycles. The van der Waals surface area contributed by atoms with E-state index in [-0.39, 0.29) is 132 Å². The number of rotatable bonds is 37. The third kappa shape index (κ3) is 32.4. The molecule has 0 radical (unpaired) electrons. The highest BCUT2D eigenvalue weighted by molar-refractivity contribution is 7.90. The van der Waals surface area contributed by atoms with E-state index in [4.69, 9.17) is 23.7 Å². The summed E-state index contributed by atoms with van der Waals surface area (Å²) < 4.78 is 132. The van der Waals surface area contributed by atoms with Crippen LogP contribution in [0.1, 0.15) is 190 Å². The SMILES string of the molecule is CCCS(=O)(=O)N1CC(Oc2cc(C)nc(C(=O)Cc3ccc(C)cn3)c2)C1.CCCS(=O)(=O)N1CC(Oc2cc(C)nc(C(=O)Cc3nc(C)cs3)c2)C1.Cc1cc(OC2CN(S(=O)(=O)CC(C)C)C2)cc(C(=O)Cc2nc(C)cs2)n1.Cc1ccc(CC(=O)c2cc(OC3CN(C(=O)N(C)C)C3)cc(C)n2)nc1.Cc1ccc(CC(=O)c2cc(OC3CN(S(=O)(=O)CC(C)C)C3)cc(C)n2)nc1. The molecular weight excluding hydrogens is 1900 g/mol. The molecule has 0 saturated carbocycles. The zero-order chi connectivity index (χ0) is 101. The van der Waals surface area contributed by atoms with Crippen LogP contribution in [0.4, 0.5) is 4.79 Å². The monoisotopic (exact) mass is 2020 g/mol. The lowest BCUT2D eigenvalue weighted by atomic mass is 10.1. The van der Waals surface area contributed by atoms with Gasteiger partial charge in [-0.05, 0) is 129 Å². The Balaban J connectivity index is 0.000000166. The Kier molecular flexibility index (Phi) is 37.5. The second-order valence-electron chi connectivity index (χ2n) is 36.4. The van der Waals surface area contributed by atoms with Crippen LogP contribution in [0.2, 0.25) is 0 Å². The Morgan fingerprint density at radius 3 is 0.806 bits per heavy atom. The van der Waals surface area contributed by atoms with Gasteiger partial charge in [0.15, 0.2) is 28.9 Å². The van der Waals surface area contributed by atoms with Crippen molar-refractivity contribution in [3.8, 4) is 28.7 Å². The highest BCUT2D eigenvalue weighted by Gasteiger charge is 2.42. The molecule has 5 aliphatic heterocycles. The van der Waals surface area contributed by atoms with Gasteiger partial charge in [-0.15, -0.1) is 22.7 Å². The first kappa shape index (κ1) is 108. The molecule has 35 nitrogen and oxygen atoms in total. The van der Waals surface area contributed by atoms with E-state index < -0.39 is 40.1 Å². The summed E-state index contributed by atoms with van der Waals surface area (Å²) in [5.74, 6) is 2.91. The Morgan fingerprint density at radius 1 is 0.345 bits per heavy atom. The summed E-state index contributed by atoms with van der Waals surface area (Å²) in [5, 5.41) is 5.35. The van der Waals surface area contributed by atoms with Crippen molar-refractivity contribution in [3.63, 3.8) is 0 Å². The van der Waals surface area contributed by atoms with Crippen LogP contribution in [0.15, 0.2) is 126 Å². The summed E-state index contributed by atoms with van der Waals surface area (Å²) in [4.78, 5) is 121. The Morgan fingerprint density at radius 2 is 0.590 bits per heavy atom. The molecule has 139 heavy (non-hydrogen) atoms. The number of hydrogen-bond acceptors (Lipinski definition) is 31. The Hall–Kier alpha value is -11.3. The predicted molar refractivity (Wildman–Crippen MR) is 530 cm³/mol. The average molecular weight is 2020 g/mol. The highest BCUT2D eigenvalue weighted by Crippen LogP contribution is 2.31. The van der Waals surface area contributed by atoms with Crippen LogP contribution in [0, 0.1) is 81.1 Å². The molecule has 2 amide bonds. The highest BCUT2D eigenvalue weighted by atomic mass is 32.2. The van der Waals surface area contributed by atoms with Crippen molar-refractivity contribution in [2.45, 2.75) is 186 Å². The van der Waals surface area contributed by atoms with Gasteiger partial charge in [-0.2, -0.15) is 17.2 Å². The van der Waals surface area contributed by atoms with E-state index >= 15 is 0 Å². The molecule has 10 aromatic heterocycles. The van der Waals surface area contributed by atoms with Gasteiger partial charge < -0.3 is 33.5 Å². The molecular formula is C98H124N16O19S6. The zero-order valence-corrected chi connectivity index (χ0v) is 86.8. The number of likely N-dealkylation sites (tertiary alicyclic amines) is 1. The Bertz CT molecular complexity index is 6480. The van der Waals surface area contributed by atoms with Gasteiger partial charge in [0.2, 0.25) is 40.1 Å². The number of nitrogens with zero attached hydrogens (tertiary/aromatic N) is 16. The number of hydrogen-bond donors (Lipinski definition) is 0. The first-order valence-corrected chi connectivity index (χ1v) is 54.2. The largest absolute Gasteiger partial charge is 0.488 e. The van der Waals surface area contributed by atoms with E-state index in [1.807, 2.05) is 130 Å². The van der Waals surface area contributed by atoms with E-state index in [2.05, 4.69) is 49.8 Å². The van der Waals surface area contributed by atoms with Crippen LogP contribution in [-0.4, -0.2) is 279 Å². The van der Waals surface area contributed by atoms with Crippen LogP contribution in [0.3, 0.4) is 0 Å².